The number of benzene rings is 5. The van der Waals surface area contributed by atoms with E-state index in [4.69, 9.17) is 28.1 Å². The van der Waals surface area contributed by atoms with Gasteiger partial charge in [-0.15, -0.1) is 0 Å². The Labute approximate surface area is 281 Å². The monoisotopic (exact) mass is 641 g/mol. The molecule has 3 unspecified atom stereocenters. The Morgan fingerprint density at radius 2 is 1.02 bits per heavy atom. The summed E-state index contributed by atoms with van der Waals surface area (Å²) < 4.78 is 39.4. The van der Waals surface area contributed by atoms with Gasteiger partial charge in [0.25, 0.3) is 0 Å². The topological polar surface area (TPSA) is 72.2 Å². The summed E-state index contributed by atoms with van der Waals surface area (Å²) >= 11 is 0. The maximum Gasteiger partial charge on any atom is 0.181 e. The van der Waals surface area contributed by atoms with Gasteiger partial charge < -0.3 is 28.1 Å². The largest absolute Gasteiger partial charge is 0.443 e. The van der Waals surface area contributed by atoms with Crippen LogP contribution in [-0.2, 0) is 50.1 Å². The Bertz CT molecular complexity index is 1820. The lowest BCUT2D eigenvalue weighted by atomic mass is 9.90. The molecule has 1 fully saturated rings. The SMILES string of the molecule is c1ccc(COCC2O[C@@H](c3ccc4ocnc4c3)C(OCc3ccccc3)C(OCc3ccccc3)[C@@H]2OCc2ccccc2)cc1. The zero-order valence-corrected chi connectivity index (χ0v) is 26.7. The number of hydrogen-bond acceptors (Lipinski definition) is 7. The Balaban J connectivity index is 1.24. The molecule has 6 aromatic rings. The average Bonchev–Trinajstić information content (AvgIpc) is 3.63. The van der Waals surface area contributed by atoms with Crippen molar-refractivity contribution in [3.05, 3.63) is 174 Å². The van der Waals surface area contributed by atoms with Gasteiger partial charge in [-0.1, -0.05) is 127 Å². The van der Waals surface area contributed by atoms with Crippen molar-refractivity contribution in [3.8, 4) is 0 Å². The summed E-state index contributed by atoms with van der Waals surface area (Å²) in [5.74, 6) is 0. The molecule has 7 nitrogen and oxygen atoms in total. The Morgan fingerprint density at radius 1 is 0.521 bits per heavy atom. The molecule has 0 spiro atoms. The van der Waals surface area contributed by atoms with Gasteiger partial charge in [-0.25, -0.2) is 4.98 Å². The molecule has 244 valence electrons. The van der Waals surface area contributed by atoms with Gasteiger partial charge in [0, 0.05) is 0 Å². The minimum atomic E-state index is -0.524. The zero-order valence-electron chi connectivity index (χ0n) is 26.7. The number of rotatable bonds is 14. The molecule has 7 rings (SSSR count). The van der Waals surface area contributed by atoms with E-state index in [0.717, 1.165) is 33.3 Å². The Kier molecular flexibility index (Phi) is 10.6. The van der Waals surface area contributed by atoms with Crippen molar-refractivity contribution in [2.45, 2.75) is 56.9 Å². The molecule has 1 aromatic heterocycles. The minimum Gasteiger partial charge on any atom is -0.443 e. The van der Waals surface area contributed by atoms with Gasteiger partial charge >= 0.3 is 0 Å². The van der Waals surface area contributed by atoms with E-state index >= 15 is 0 Å². The van der Waals surface area contributed by atoms with E-state index in [9.17, 15) is 0 Å². The zero-order chi connectivity index (χ0) is 32.4. The highest BCUT2D eigenvalue weighted by Crippen LogP contribution is 2.39. The van der Waals surface area contributed by atoms with Gasteiger partial charge in [-0.3, -0.25) is 0 Å². The molecule has 7 heteroatoms. The molecule has 0 amide bonds. The normalized spacial score (nSPS) is 21.0. The highest BCUT2D eigenvalue weighted by atomic mass is 16.6. The van der Waals surface area contributed by atoms with Gasteiger partial charge in [-0.05, 0) is 39.9 Å². The van der Waals surface area contributed by atoms with Crippen LogP contribution in [0.1, 0.15) is 33.9 Å². The van der Waals surface area contributed by atoms with Crippen LogP contribution in [0.15, 0.2) is 150 Å². The summed E-state index contributed by atoms with van der Waals surface area (Å²) in [6, 6.07) is 46.6. The molecule has 2 heterocycles. The molecule has 1 aliphatic heterocycles. The van der Waals surface area contributed by atoms with E-state index in [1.165, 1.54) is 6.39 Å². The molecule has 0 aliphatic carbocycles. The van der Waals surface area contributed by atoms with Crippen LogP contribution in [0.25, 0.3) is 11.1 Å². The first-order valence-electron chi connectivity index (χ1n) is 16.4. The van der Waals surface area contributed by atoms with Crippen molar-refractivity contribution >= 4 is 11.1 Å². The van der Waals surface area contributed by atoms with E-state index in [1.807, 2.05) is 91.0 Å². The second kappa shape index (κ2) is 16.0. The van der Waals surface area contributed by atoms with E-state index in [1.54, 1.807) is 0 Å². The third-order valence-corrected chi connectivity index (χ3v) is 8.57. The van der Waals surface area contributed by atoms with Crippen molar-refractivity contribution in [1.82, 2.24) is 4.98 Å². The Hall–Kier alpha value is -4.63. The number of hydrogen-bond donors (Lipinski definition) is 0. The predicted octanol–water partition coefficient (Wildman–Crippen LogP) is 8.24. The summed E-state index contributed by atoms with van der Waals surface area (Å²) in [5, 5.41) is 0. The average molecular weight is 642 g/mol. The Morgan fingerprint density at radius 3 is 1.58 bits per heavy atom. The summed E-state index contributed by atoms with van der Waals surface area (Å²) in [6.45, 7) is 1.90. The molecule has 48 heavy (non-hydrogen) atoms. The smallest absolute Gasteiger partial charge is 0.181 e. The maximum atomic E-state index is 7.01. The fourth-order valence-corrected chi connectivity index (χ4v) is 6.11. The second-order valence-electron chi connectivity index (χ2n) is 12.0. The fraction of sp³-hybridized carbons (Fsp3) is 0.244. The molecule has 0 saturated carbocycles. The van der Waals surface area contributed by atoms with Crippen molar-refractivity contribution in [2.75, 3.05) is 6.61 Å². The molecule has 5 aromatic carbocycles. The number of oxazole rings is 1. The molecular formula is C41H39NO6. The van der Waals surface area contributed by atoms with E-state index in [0.29, 0.717) is 38.6 Å². The molecule has 0 N–H and O–H groups in total. The van der Waals surface area contributed by atoms with Crippen LogP contribution < -0.4 is 0 Å². The highest BCUT2D eigenvalue weighted by Gasteiger charge is 2.49. The van der Waals surface area contributed by atoms with E-state index in [-0.39, 0.29) is 0 Å². The number of fused-ring (bicyclic) bond motifs is 1. The van der Waals surface area contributed by atoms with Gasteiger partial charge in [0.15, 0.2) is 12.0 Å². The first-order valence-corrected chi connectivity index (χ1v) is 16.4. The van der Waals surface area contributed by atoms with Gasteiger partial charge in [-0.2, -0.15) is 0 Å². The lowest BCUT2D eigenvalue weighted by Crippen LogP contribution is -2.58. The van der Waals surface area contributed by atoms with Crippen molar-refractivity contribution in [1.29, 1.82) is 0 Å². The first kappa shape index (κ1) is 31.9. The number of nitrogens with zero attached hydrogens (tertiary/aromatic N) is 1. The minimum absolute atomic E-state index is 0.299. The maximum absolute atomic E-state index is 7.01. The van der Waals surface area contributed by atoms with Crippen LogP contribution in [0, 0.1) is 0 Å². The summed E-state index contributed by atoms with van der Waals surface area (Å²) in [6.07, 6.45) is -1.04. The van der Waals surface area contributed by atoms with Crippen LogP contribution in [-0.4, -0.2) is 36.0 Å². The first-order chi connectivity index (χ1) is 23.8. The fourth-order valence-electron chi connectivity index (χ4n) is 6.11. The predicted molar refractivity (Wildman–Crippen MR) is 183 cm³/mol. The van der Waals surface area contributed by atoms with Gasteiger partial charge in [0.05, 0.1) is 33.0 Å². The summed E-state index contributed by atoms with van der Waals surface area (Å²) in [4.78, 5) is 4.42. The molecule has 1 saturated heterocycles. The quantitative estimate of drug-likeness (QED) is 0.119. The van der Waals surface area contributed by atoms with Gasteiger partial charge in [0.1, 0.15) is 36.0 Å². The summed E-state index contributed by atoms with van der Waals surface area (Å²) in [7, 11) is 0. The molecule has 5 atom stereocenters. The third-order valence-electron chi connectivity index (χ3n) is 8.57. The van der Waals surface area contributed by atoms with Crippen molar-refractivity contribution in [2.24, 2.45) is 0 Å². The number of aromatic nitrogens is 1. The van der Waals surface area contributed by atoms with Crippen LogP contribution in [0.5, 0.6) is 0 Å². The van der Waals surface area contributed by atoms with Crippen LogP contribution in [0.4, 0.5) is 0 Å². The van der Waals surface area contributed by atoms with E-state index in [2.05, 4.69) is 53.5 Å². The third kappa shape index (κ3) is 8.08. The van der Waals surface area contributed by atoms with Crippen molar-refractivity contribution < 1.29 is 28.1 Å². The lowest BCUT2D eigenvalue weighted by molar-refractivity contribution is -0.275. The standard InChI is InChI=1S/C41H39NO6/c1-5-13-30(14-6-1)24-43-28-37-39(44-25-31-15-7-2-8-16-31)41(46-27-33-19-11-4-12-20-33)40(45-26-32-17-9-3-10-18-32)38(48-37)34-21-22-36-35(23-34)42-29-47-36/h1-23,29,37-41H,24-28H2/t37?,38-,39+,40?,41?/m0/s1. The molecule has 1 aliphatic rings. The molecular weight excluding hydrogens is 602 g/mol. The summed E-state index contributed by atoms with van der Waals surface area (Å²) in [5.41, 5.74) is 6.63. The van der Waals surface area contributed by atoms with Crippen LogP contribution >= 0.6 is 0 Å². The van der Waals surface area contributed by atoms with Crippen LogP contribution in [0.2, 0.25) is 0 Å². The van der Waals surface area contributed by atoms with Crippen molar-refractivity contribution in [3.63, 3.8) is 0 Å². The van der Waals surface area contributed by atoms with E-state index < -0.39 is 30.5 Å². The highest BCUT2D eigenvalue weighted by molar-refractivity contribution is 5.73. The molecule has 0 bridgehead atoms. The lowest BCUT2D eigenvalue weighted by Gasteiger charge is -2.46. The van der Waals surface area contributed by atoms with Crippen LogP contribution in [0.3, 0.4) is 0 Å². The van der Waals surface area contributed by atoms with Gasteiger partial charge in [0.2, 0.25) is 0 Å². The molecule has 0 radical (unpaired) electrons. The second-order valence-corrected chi connectivity index (χ2v) is 12.0. The number of ether oxygens (including phenoxy) is 5.